The molecule has 1 fully saturated rings. The Hall–Kier alpha value is -2.57. The van der Waals surface area contributed by atoms with E-state index in [0.29, 0.717) is 23.0 Å². The molecule has 4 rings (SSSR count). The normalized spacial score (nSPS) is 14.6. The van der Waals surface area contributed by atoms with Crippen molar-refractivity contribution in [3.8, 4) is 10.7 Å². The molecule has 0 bridgehead atoms. The van der Waals surface area contributed by atoms with Crippen LogP contribution in [0.2, 0.25) is 4.34 Å². The van der Waals surface area contributed by atoms with Gasteiger partial charge >= 0.3 is 0 Å². The second-order valence-electron chi connectivity index (χ2n) is 7.03. The Morgan fingerprint density at radius 1 is 1.07 bits per heavy atom. The molecule has 0 atom stereocenters. The largest absolute Gasteiger partial charge is 0.340 e. The molecule has 1 aromatic carbocycles. The fourth-order valence-corrected chi connectivity index (χ4v) is 4.63. The summed E-state index contributed by atoms with van der Waals surface area (Å²) in [5.74, 6) is 0.800. The van der Waals surface area contributed by atoms with Crippen LogP contribution in [0.1, 0.15) is 42.5 Å². The minimum absolute atomic E-state index is 0.00894. The number of aromatic nitrogens is 2. The van der Waals surface area contributed by atoms with Crippen molar-refractivity contribution in [1.82, 2.24) is 9.97 Å². The lowest BCUT2D eigenvalue weighted by molar-refractivity contribution is -0.123. The number of rotatable bonds is 5. The highest BCUT2D eigenvalue weighted by atomic mass is 35.5. The Kier molecular flexibility index (Phi) is 5.48. The van der Waals surface area contributed by atoms with E-state index < -0.39 is 5.92 Å². The fourth-order valence-electron chi connectivity index (χ4n) is 3.65. The van der Waals surface area contributed by atoms with Crippen molar-refractivity contribution >= 4 is 46.0 Å². The fraction of sp³-hybridized carbons (Fsp3) is 0.273. The number of nitrogens with one attached hydrogen (secondary N) is 1. The summed E-state index contributed by atoms with van der Waals surface area (Å²) >= 11 is 7.51. The molecule has 2 heterocycles. The summed E-state index contributed by atoms with van der Waals surface area (Å²) in [6, 6.07) is 11.2. The summed E-state index contributed by atoms with van der Waals surface area (Å²) in [5.41, 5.74) is 3.56. The topological polar surface area (TPSA) is 72.0 Å². The van der Waals surface area contributed by atoms with Crippen molar-refractivity contribution in [2.75, 3.05) is 5.32 Å². The number of hydrogen-bond donors (Lipinski definition) is 1. The van der Waals surface area contributed by atoms with E-state index in [0.717, 1.165) is 39.6 Å². The van der Waals surface area contributed by atoms with Crippen LogP contribution >= 0.6 is 22.9 Å². The van der Waals surface area contributed by atoms with E-state index in [1.165, 1.54) is 11.3 Å². The maximum Gasteiger partial charge on any atom is 0.171 e. The number of carbonyl (C=O) groups excluding carboxylic acids is 2. The first kappa shape index (κ1) is 19.7. The summed E-state index contributed by atoms with van der Waals surface area (Å²) in [5, 5.41) is 3.37. The molecular weight excluding hydrogens is 406 g/mol. The molecule has 148 valence electrons. The van der Waals surface area contributed by atoms with E-state index in [1.54, 1.807) is 0 Å². The lowest BCUT2D eigenvalue weighted by atomic mass is 9.96. The van der Waals surface area contributed by atoms with E-state index in [9.17, 15) is 9.59 Å². The van der Waals surface area contributed by atoms with Gasteiger partial charge in [0.25, 0.3) is 0 Å². The van der Waals surface area contributed by atoms with Crippen LogP contribution in [-0.4, -0.2) is 21.5 Å². The highest BCUT2D eigenvalue weighted by Gasteiger charge is 2.33. The molecule has 0 aliphatic heterocycles. The molecule has 3 aromatic rings. The zero-order chi connectivity index (χ0) is 20.5. The Labute approximate surface area is 178 Å². The summed E-state index contributed by atoms with van der Waals surface area (Å²) < 4.78 is 0.696. The predicted molar refractivity (Wildman–Crippen MR) is 116 cm³/mol. The molecule has 29 heavy (non-hydrogen) atoms. The summed E-state index contributed by atoms with van der Waals surface area (Å²) in [4.78, 5) is 34.3. The van der Waals surface area contributed by atoms with Gasteiger partial charge in [0.15, 0.2) is 5.82 Å². The molecule has 7 heteroatoms. The first-order chi connectivity index (χ1) is 14.0. The number of ketones is 2. The molecule has 0 amide bonds. The van der Waals surface area contributed by atoms with Crippen LogP contribution in [0.15, 0.2) is 36.4 Å². The van der Waals surface area contributed by atoms with E-state index in [4.69, 9.17) is 16.6 Å². The number of benzene rings is 1. The molecule has 0 saturated heterocycles. The summed E-state index contributed by atoms with van der Waals surface area (Å²) in [6.07, 6.45) is 1.49. The van der Waals surface area contributed by atoms with Gasteiger partial charge in [0.05, 0.1) is 9.21 Å². The van der Waals surface area contributed by atoms with E-state index >= 15 is 0 Å². The smallest absolute Gasteiger partial charge is 0.171 e. The van der Waals surface area contributed by atoms with Crippen molar-refractivity contribution in [3.63, 3.8) is 0 Å². The van der Waals surface area contributed by atoms with Gasteiger partial charge in [-0.15, -0.1) is 11.3 Å². The van der Waals surface area contributed by atoms with Gasteiger partial charge in [-0.25, -0.2) is 9.97 Å². The number of aryl methyl sites for hydroxylation is 1. The molecule has 1 N–H and O–H groups in total. The first-order valence-corrected chi connectivity index (χ1v) is 10.7. The Morgan fingerprint density at radius 3 is 2.34 bits per heavy atom. The number of thiophene rings is 1. The first-order valence-electron chi connectivity index (χ1n) is 9.52. The highest BCUT2D eigenvalue weighted by Crippen LogP contribution is 2.33. The van der Waals surface area contributed by atoms with Crippen molar-refractivity contribution in [2.45, 2.75) is 39.0 Å². The van der Waals surface area contributed by atoms with Gasteiger partial charge in [-0.05, 0) is 43.2 Å². The third-order valence-electron chi connectivity index (χ3n) is 5.13. The minimum Gasteiger partial charge on any atom is -0.340 e. The van der Waals surface area contributed by atoms with Gasteiger partial charge in [-0.3, -0.25) is 9.59 Å². The van der Waals surface area contributed by atoms with Gasteiger partial charge in [0, 0.05) is 29.8 Å². The molecule has 0 spiro atoms. The second kappa shape index (κ2) is 8.05. The van der Waals surface area contributed by atoms with Crippen LogP contribution in [-0.2, 0) is 16.0 Å². The van der Waals surface area contributed by atoms with Crippen LogP contribution in [0, 0.1) is 6.92 Å². The maximum absolute atomic E-state index is 12.0. The molecule has 1 saturated carbocycles. The van der Waals surface area contributed by atoms with E-state index in [-0.39, 0.29) is 11.6 Å². The number of carbonyl (C=O) groups is 2. The number of halogens is 1. The van der Waals surface area contributed by atoms with Crippen molar-refractivity contribution < 1.29 is 9.59 Å². The van der Waals surface area contributed by atoms with E-state index in [1.807, 2.05) is 43.3 Å². The zero-order valence-corrected chi connectivity index (χ0v) is 17.7. The standard InChI is InChI=1S/C22H20ClN3O2S/c1-3-15-12(2)24-22(18-10-11-19(23)29-18)26-21(15)25-14-6-4-13(5-7-14)20-16(27)8-9-17(20)28/h4-7,10-11,20H,3,8-9H2,1-2H3,(H,24,25,26). The third kappa shape index (κ3) is 3.95. The Bertz CT molecular complexity index is 1080. The predicted octanol–water partition coefficient (Wildman–Crippen LogP) is 5.49. The summed E-state index contributed by atoms with van der Waals surface area (Å²) in [6.45, 7) is 4.05. The number of anilines is 2. The van der Waals surface area contributed by atoms with Crippen LogP contribution in [0.4, 0.5) is 11.5 Å². The monoisotopic (exact) mass is 425 g/mol. The molecule has 2 aromatic heterocycles. The molecule has 1 aliphatic carbocycles. The Balaban J connectivity index is 1.64. The van der Waals surface area contributed by atoms with Gasteiger partial charge in [-0.1, -0.05) is 30.7 Å². The van der Waals surface area contributed by atoms with Crippen LogP contribution in [0.5, 0.6) is 0 Å². The second-order valence-corrected chi connectivity index (χ2v) is 8.74. The average molecular weight is 426 g/mol. The number of nitrogens with zero attached hydrogens (tertiary/aromatic N) is 2. The molecule has 5 nitrogen and oxygen atoms in total. The van der Waals surface area contributed by atoms with E-state index in [2.05, 4.69) is 17.2 Å². The zero-order valence-electron chi connectivity index (χ0n) is 16.2. The molecule has 0 unspecified atom stereocenters. The third-order valence-corrected chi connectivity index (χ3v) is 6.36. The van der Waals surface area contributed by atoms with Gasteiger partial charge in [-0.2, -0.15) is 0 Å². The lowest BCUT2D eigenvalue weighted by Crippen LogP contribution is -2.11. The number of Topliss-reactive ketones (excluding diaryl/α,β-unsaturated/α-hetero) is 2. The van der Waals surface area contributed by atoms with Gasteiger partial charge < -0.3 is 5.32 Å². The van der Waals surface area contributed by atoms with Gasteiger partial charge in [0.1, 0.15) is 23.3 Å². The number of hydrogen-bond acceptors (Lipinski definition) is 6. The van der Waals surface area contributed by atoms with Crippen molar-refractivity contribution in [2.24, 2.45) is 0 Å². The van der Waals surface area contributed by atoms with Crippen LogP contribution in [0.25, 0.3) is 10.7 Å². The summed E-state index contributed by atoms with van der Waals surface area (Å²) in [7, 11) is 0. The highest BCUT2D eigenvalue weighted by molar-refractivity contribution is 7.19. The Morgan fingerprint density at radius 2 is 1.76 bits per heavy atom. The lowest BCUT2D eigenvalue weighted by Gasteiger charge is -2.14. The van der Waals surface area contributed by atoms with Crippen LogP contribution in [0.3, 0.4) is 0 Å². The molecule has 0 radical (unpaired) electrons. The van der Waals surface area contributed by atoms with Crippen LogP contribution < -0.4 is 5.32 Å². The van der Waals surface area contributed by atoms with Crippen molar-refractivity contribution in [3.05, 3.63) is 57.6 Å². The maximum atomic E-state index is 12.0. The molecular formula is C22H20ClN3O2S. The quantitative estimate of drug-likeness (QED) is 0.547. The SMILES string of the molecule is CCc1c(C)nc(-c2ccc(Cl)s2)nc1Nc1ccc(C2C(=O)CCC2=O)cc1. The average Bonchev–Trinajstić information content (AvgIpc) is 3.28. The molecule has 1 aliphatic rings. The van der Waals surface area contributed by atoms with Gasteiger partial charge in [0.2, 0.25) is 0 Å². The minimum atomic E-state index is -0.605. The van der Waals surface area contributed by atoms with Crippen molar-refractivity contribution in [1.29, 1.82) is 0 Å².